The number of carbonyl (C=O) groups is 2. The lowest BCUT2D eigenvalue weighted by atomic mass is 10.2. The Balaban J connectivity index is 1.34. The van der Waals surface area contributed by atoms with Crippen LogP contribution in [0.3, 0.4) is 0 Å². The van der Waals surface area contributed by atoms with Crippen LogP contribution in [0, 0.1) is 6.92 Å². The number of aromatic nitrogens is 2. The molecule has 0 spiro atoms. The van der Waals surface area contributed by atoms with E-state index in [-0.39, 0.29) is 11.8 Å². The molecule has 0 aliphatic rings. The molecule has 0 radical (unpaired) electrons. The summed E-state index contributed by atoms with van der Waals surface area (Å²) >= 11 is 0. The van der Waals surface area contributed by atoms with Crippen LogP contribution in [0.15, 0.2) is 48.7 Å². The summed E-state index contributed by atoms with van der Waals surface area (Å²) in [5, 5.41) is 5.84. The zero-order valence-electron chi connectivity index (χ0n) is 17.5. The van der Waals surface area contributed by atoms with Gasteiger partial charge in [-0.05, 0) is 63.1 Å². The fraction of sp³-hybridized carbons (Fsp3) is 0.348. The van der Waals surface area contributed by atoms with Crippen molar-refractivity contribution in [2.24, 2.45) is 0 Å². The van der Waals surface area contributed by atoms with Crippen molar-refractivity contribution in [1.29, 1.82) is 0 Å². The van der Waals surface area contributed by atoms with Crippen molar-refractivity contribution >= 4 is 23.1 Å². The van der Waals surface area contributed by atoms with Crippen molar-refractivity contribution in [1.82, 2.24) is 14.7 Å². The minimum atomic E-state index is -0.126. The van der Waals surface area contributed by atoms with E-state index in [1.807, 2.05) is 62.5 Å². The lowest BCUT2D eigenvalue weighted by Gasteiger charge is -2.08. The van der Waals surface area contributed by atoms with Gasteiger partial charge in [-0.25, -0.2) is 4.98 Å². The van der Waals surface area contributed by atoms with Crippen LogP contribution in [0.25, 0.3) is 5.65 Å². The Bertz CT molecular complexity index is 995. The normalized spacial score (nSPS) is 10.7. The van der Waals surface area contributed by atoms with Crippen LogP contribution in [-0.4, -0.2) is 34.4 Å². The summed E-state index contributed by atoms with van der Waals surface area (Å²) in [4.78, 5) is 29.0. The highest BCUT2D eigenvalue weighted by Gasteiger charge is 2.15. The molecule has 3 rings (SSSR count). The SMILES string of the molecule is CCOc1ccc(NC(=O)CCCCCNC(=O)c2c(C)nc3ccccn23)cc1. The van der Waals surface area contributed by atoms with Crippen molar-refractivity contribution < 1.29 is 14.3 Å². The second-order valence-corrected chi connectivity index (χ2v) is 7.05. The van der Waals surface area contributed by atoms with E-state index in [4.69, 9.17) is 4.74 Å². The summed E-state index contributed by atoms with van der Waals surface area (Å²) in [5.41, 5.74) is 2.81. The summed E-state index contributed by atoms with van der Waals surface area (Å²) in [6, 6.07) is 13.0. The maximum absolute atomic E-state index is 12.5. The minimum Gasteiger partial charge on any atom is -0.494 e. The van der Waals surface area contributed by atoms with E-state index in [1.165, 1.54) is 0 Å². The standard InChI is InChI=1S/C23H28N4O3/c1-3-30-19-13-11-18(12-14-19)26-21(28)10-5-4-7-15-24-23(29)22-17(2)25-20-9-6-8-16-27(20)22/h6,8-9,11-14,16H,3-5,7,10,15H2,1-2H3,(H,24,29)(H,26,28). The number of ether oxygens (including phenoxy) is 1. The average Bonchev–Trinajstić information content (AvgIpc) is 3.08. The lowest BCUT2D eigenvalue weighted by Crippen LogP contribution is -2.26. The molecule has 2 aromatic heterocycles. The molecule has 2 heterocycles. The summed E-state index contributed by atoms with van der Waals surface area (Å²) in [6.07, 6.45) is 4.75. The largest absolute Gasteiger partial charge is 0.494 e. The quantitative estimate of drug-likeness (QED) is 0.497. The highest BCUT2D eigenvalue weighted by molar-refractivity contribution is 5.94. The molecular formula is C23H28N4O3. The van der Waals surface area contributed by atoms with E-state index >= 15 is 0 Å². The number of rotatable bonds is 10. The van der Waals surface area contributed by atoms with E-state index in [9.17, 15) is 9.59 Å². The minimum absolute atomic E-state index is 0.00968. The summed E-state index contributed by atoms with van der Waals surface area (Å²) < 4.78 is 7.19. The van der Waals surface area contributed by atoms with E-state index in [0.29, 0.717) is 31.0 Å². The van der Waals surface area contributed by atoms with Gasteiger partial charge in [0.2, 0.25) is 5.91 Å². The molecule has 0 fully saturated rings. The first-order valence-electron chi connectivity index (χ1n) is 10.3. The van der Waals surface area contributed by atoms with Crippen molar-refractivity contribution in [3.05, 3.63) is 60.0 Å². The van der Waals surface area contributed by atoms with Gasteiger partial charge in [-0.2, -0.15) is 0 Å². The topological polar surface area (TPSA) is 84.7 Å². The molecule has 3 aromatic rings. The van der Waals surface area contributed by atoms with Crippen LogP contribution in [0.4, 0.5) is 5.69 Å². The van der Waals surface area contributed by atoms with Gasteiger partial charge in [0.25, 0.3) is 5.91 Å². The number of pyridine rings is 1. The third-order valence-electron chi connectivity index (χ3n) is 4.73. The van der Waals surface area contributed by atoms with Crippen LogP contribution < -0.4 is 15.4 Å². The number of aryl methyl sites for hydroxylation is 1. The number of benzene rings is 1. The molecule has 0 saturated heterocycles. The maximum Gasteiger partial charge on any atom is 0.270 e. The average molecular weight is 409 g/mol. The Morgan fingerprint density at radius 2 is 1.87 bits per heavy atom. The molecule has 7 nitrogen and oxygen atoms in total. The number of amides is 2. The van der Waals surface area contributed by atoms with Crippen molar-refractivity contribution in [2.45, 2.75) is 39.5 Å². The molecule has 0 aliphatic carbocycles. The molecular weight excluding hydrogens is 380 g/mol. The molecule has 7 heteroatoms. The van der Waals surface area contributed by atoms with Gasteiger partial charge < -0.3 is 15.4 Å². The molecule has 1 aromatic carbocycles. The number of carbonyl (C=O) groups excluding carboxylic acids is 2. The molecule has 0 unspecified atom stereocenters. The number of hydrogen-bond donors (Lipinski definition) is 2. The van der Waals surface area contributed by atoms with Gasteiger partial charge >= 0.3 is 0 Å². The number of unbranched alkanes of at least 4 members (excludes halogenated alkanes) is 2. The van der Waals surface area contributed by atoms with Gasteiger partial charge in [-0.15, -0.1) is 0 Å². The predicted octanol–water partition coefficient (Wildman–Crippen LogP) is 3.97. The van der Waals surface area contributed by atoms with Gasteiger partial charge in [0, 0.05) is 24.8 Å². The van der Waals surface area contributed by atoms with Gasteiger partial charge in [-0.3, -0.25) is 14.0 Å². The lowest BCUT2D eigenvalue weighted by molar-refractivity contribution is -0.116. The number of fused-ring (bicyclic) bond motifs is 1. The van der Waals surface area contributed by atoms with Gasteiger partial charge in [0.1, 0.15) is 17.1 Å². The molecule has 2 N–H and O–H groups in total. The number of anilines is 1. The molecule has 0 bridgehead atoms. The fourth-order valence-electron chi connectivity index (χ4n) is 3.28. The van der Waals surface area contributed by atoms with Crippen LogP contribution >= 0.6 is 0 Å². The summed E-state index contributed by atoms with van der Waals surface area (Å²) in [6.45, 7) is 4.95. The second-order valence-electron chi connectivity index (χ2n) is 7.05. The number of imidazole rings is 1. The molecule has 30 heavy (non-hydrogen) atoms. The summed E-state index contributed by atoms with van der Waals surface area (Å²) in [5.74, 6) is 0.653. The van der Waals surface area contributed by atoms with Gasteiger partial charge in [-0.1, -0.05) is 12.5 Å². The van der Waals surface area contributed by atoms with E-state index in [1.54, 1.807) is 4.40 Å². The Labute approximate surface area is 176 Å². The third kappa shape index (κ3) is 5.59. The predicted molar refractivity (Wildman–Crippen MR) is 117 cm³/mol. The zero-order valence-corrected chi connectivity index (χ0v) is 17.5. The Kier molecular flexibility index (Phi) is 7.43. The zero-order chi connectivity index (χ0) is 21.3. The highest BCUT2D eigenvalue weighted by Crippen LogP contribution is 2.16. The second kappa shape index (κ2) is 10.4. The van der Waals surface area contributed by atoms with Gasteiger partial charge in [0.15, 0.2) is 0 Å². The number of nitrogens with zero attached hydrogens (tertiary/aromatic N) is 2. The van der Waals surface area contributed by atoms with Crippen molar-refractivity contribution in [3.63, 3.8) is 0 Å². The van der Waals surface area contributed by atoms with Crippen molar-refractivity contribution in [2.75, 3.05) is 18.5 Å². The first kappa shape index (κ1) is 21.4. The number of hydrogen-bond acceptors (Lipinski definition) is 4. The van der Waals surface area contributed by atoms with Gasteiger partial charge in [0.05, 0.1) is 12.3 Å². The molecule has 158 valence electrons. The smallest absolute Gasteiger partial charge is 0.270 e. The van der Waals surface area contributed by atoms with E-state index in [0.717, 1.165) is 36.3 Å². The third-order valence-corrected chi connectivity index (χ3v) is 4.73. The Morgan fingerprint density at radius 1 is 1.07 bits per heavy atom. The molecule has 2 amide bonds. The summed E-state index contributed by atoms with van der Waals surface area (Å²) in [7, 11) is 0. The Hall–Kier alpha value is -3.35. The Morgan fingerprint density at radius 3 is 2.63 bits per heavy atom. The van der Waals surface area contributed by atoms with Crippen molar-refractivity contribution in [3.8, 4) is 5.75 Å². The van der Waals surface area contributed by atoms with Crippen LogP contribution in [-0.2, 0) is 4.79 Å². The number of nitrogens with one attached hydrogen (secondary N) is 2. The van der Waals surface area contributed by atoms with E-state index < -0.39 is 0 Å². The van der Waals surface area contributed by atoms with Crippen LogP contribution in [0.2, 0.25) is 0 Å². The molecule has 0 aliphatic heterocycles. The highest BCUT2D eigenvalue weighted by atomic mass is 16.5. The van der Waals surface area contributed by atoms with Crippen LogP contribution in [0.1, 0.15) is 48.8 Å². The van der Waals surface area contributed by atoms with E-state index in [2.05, 4.69) is 15.6 Å². The maximum atomic E-state index is 12.5. The fourth-order valence-corrected chi connectivity index (χ4v) is 3.28. The first-order valence-corrected chi connectivity index (χ1v) is 10.3. The first-order chi connectivity index (χ1) is 14.6. The monoisotopic (exact) mass is 408 g/mol. The van der Waals surface area contributed by atoms with Crippen LogP contribution in [0.5, 0.6) is 5.75 Å². The molecule has 0 saturated carbocycles. The molecule has 0 atom stereocenters.